The van der Waals surface area contributed by atoms with Crippen LogP contribution in [-0.2, 0) is 15.6 Å². The molecule has 0 spiro atoms. The predicted octanol–water partition coefficient (Wildman–Crippen LogP) is -0.815. The molecular weight excluding hydrogens is 276 g/mol. The van der Waals surface area contributed by atoms with Gasteiger partial charge in [-0.15, -0.1) is 0 Å². The van der Waals surface area contributed by atoms with E-state index >= 15 is 0 Å². The molecule has 2 fully saturated rings. The van der Waals surface area contributed by atoms with E-state index in [1.54, 1.807) is 0 Å². The van der Waals surface area contributed by atoms with Crippen molar-refractivity contribution in [1.29, 1.82) is 5.26 Å². The average molecular weight is 298 g/mol. The molecule has 0 saturated carbocycles. The lowest BCUT2D eigenvalue weighted by atomic mass is 9.92. The zero-order valence-corrected chi connectivity index (χ0v) is 12.8. The van der Waals surface area contributed by atoms with Crippen LogP contribution in [-0.4, -0.2) is 57.2 Å². The largest absolute Gasteiger partial charge is 0.368 e. The van der Waals surface area contributed by atoms with Gasteiger partial charge in [-0.3, -0.25) is 13.9 Å². The summed E-state index contributed by atoms with van der Waals surface area (Å²) in [5.41, 5.74) is 5.42. The van der Waals surface area contributed by atoms with Crippen molar-refractivity contribution in [2.45, 2.75) is 36.3 Å². The van der Waals surface area contributed by atoms with Crippen LogP contribution >= 0.6 is 0 Å². The molecule has 0 aromatic rings. The highest BCUT2D eigenvalue weighted by molar-refractivity contribution is 7.87. The van der Waals surface area contributed by atoms with E-state index in [9.17, 15) is 14.3 Å². The van der Waals surface area contributed by atoms with Gasteiger partial charge in [-0.25, -0.2) is 0 Å². The molecule has 112 valence electrons. The maximum Gasteiger partial charge on any atom is 0.236 e. The van der Waals surface area contributed by atoms with E-state index < -0.39 is 15.5 Å². The molecule has 0 aliphatic carbocycles. The summed E-state index contributed by atoms with van der Waals surface area (Å²) in [6.07, 6.45) is 0.630. The second-order valence-corrected chi connectivity index (χ2v) is 8.37. The number of hydrogen-bond acceptors (Lipinski definition) is 5. The fourth-order valence-electron chi connectivity index (χ4n) is 3.06. The van der Waals surface area contributed by atoms with Crippen LogP contribution in [0, 0.1) is 17.2 Å². The van der Waals surface area contributed by atoms with Crippen molar-refractivity contribution in [2.24, 2.45) is 11.7 Å². The van der Waals surface area contributed by atoms with Gasteiger partial charge < -0.3 is 11.1 Å². The maximum atomic E-state index is 12.5. The minimum atomic E-state index is -1.07. The zero-order chi connectivity index (χ0) is 14.9. The van der Waals surface area contributed by atoms with Gasteiger partial charge in [-0.05, 0) is 20.3 Å². The highest BCUT2D eigenvalue weighted by atomic mass is 32.2. The number of nitrogens with two attached hydrogens (primary N) is 1. The number of nitrogens with zero attached hydrogens (tertiary/aromatic N) is 2. The van der Waals surface area contributed by atoms with Crippen molar-refractivity contribution in [3.63, 3.8) is 0 Å². The Morgan fingerprint density at radius 2 is 2.30 bits per heavy atom. The molecule has 0 bridgehead atoms. The lowest BCUT2D eigenvalue weighted by Crippen LogP contribution is -2.58. The molecule has 2 heterocycles. The van der Waals surface area contributed by atoms with Crippen molar-refractivity contribution in [1.82, 2.24) is 10.2 Å². The van der Waals surface area contributed by atoms with Gasteiger partial charge in [0.15, 0.2) is 0 Å². The van der Waals surface area contributed by atoms with Crippen molar-refractivity contribution >= 4 is 16.7 Å². The average Bonchev–Trinajstić information content (AvgIpc) is 2.62. The number of amides is 1. The Hall–Kier alpha value is -0.970. The van der Waals surface area contributed by atoms with Gasteiger partial charge in [0.25, 0.3) is 0 Å². The van der Waals surface area contributed by atoms with Crippen molar-refractivity contribution in [2.75, 3.05) is 26.2 Å². The molecule has 3 N–H and O–H groups in total. The molecule has 2 saturated heterocycles. The first kappa shape index (κ1) is 15.4. The maximum absolute atomic E-state index is 12.5. The third-order valence-electron chi connectivity index (χ3n) is 4.44. The predicted molar refractivity (Wildman–Crippen MR) is 77.2 cm³/mol. The van der Waals surface area contributed by atoms with Gasteiger partial charge in [0.2, 0.25) is 5.91 Å². The molecule has 4 atom stereocenters. The summed E-state index contributed by atoms with van der Waals surface area (Å²) in [7, 11) is -1.07. The highest BCUT2D eigenvalue weighted by Crippen LogP contribution is 2.38. The molecule has 7 heteroatoms. The van der Waals surface area contributed by atoms with Crippen molar-refractivity contribution < 1.29 is 9.00 Å². The van der Waals surface area contributed by atoms with E-state index in [0.29, 0.717) is 19.5 Å². The lowest BCUT2D eigenvalue weighted by Gasteiger charge is -2.35. The second-order valence-electron chi connectivity index (χ2n) is 6.06. The molecule has 0 radical (unpaired) electrons. The molecule has 20 heavy (non-hydrogen) atoms. The summed E-state index contributed by atoms with van der Waals surface area (Å²) in [6, 6.07) is 1.93. The van der Waals surface area contributed by atoms with Gasteiger partial charge >= 0.3 is 0 Å². The third-order valence-corrected chi connectivity index (χ3v) is 6.70. The number of primary amides is 1. The smallest absolute Gasteiger partial charge is 0.236 e. The molecule has 0 aromatic carbocycles. The Labute approximate surface area is 122 Å². The first-order chi connectivity index (χ1) is 9.37. The molecule has 0 aromatic heterocycles. The topological polar surface area (TPSA) is 99.2 Å². The number of carbonyl (C=O) groups excluding carboxylic acids is 1. The Morgan fingerprint density at radius 1 is 1.60 bits per heavy atom. The van der Waals surface area contributed by atoms with Crippen LogP contribution in [0.25, 0.3) is 0 Å². The highest BCUT2D eigenvalue weighted by Gasteiger charge is 2.48. The van der Waals surface area contributed by atoms with E-state index in [1.165, 1.54) is 0 Å². The Kier molecular flexibility index (Phi) is 4.47. The van der Waals surface area contributed by atoms with E-state index in [0.717, 1.165) is 13.1 Å². The Balaban J connectivity index is 2.08. The van der Waals surface area contributed by atoms with Crippen LogP contribution in [0.5, 0.6) is 0 Å². The minimum Gasteiger partial charge on any atom is -0.368 e. The van der Waals surface area contributed by atoms with Crippen molar-refractivity contribution in [3.8, 4) is 6.07 Å². The summed E-state index contributed by atoms with van der Waals surface area (Å²) in [4.78, 5) is 13.5. The van der Waals surface area contributed by atoms with Crippen LogP contribution in [0.4, 0.5) is 0 Å². The summed E-state index contributed by atoms with van der Waals surface area (Å²) < 4.78 is 12.1. The van der Waals surface area contributed by atoms with E-state index in [-0.39, 0.29) is 23.1 Å². The van der Waals surface area contributed by atoms with E-state index in [4.69, 9.17) is 5.73 Å². The molecule has 4 unspecified atom stereocenters. The van der Waals surface area contributed by atoms with Crippen LogP contribution in [0.1, 0.15) is 20.3 Å². The van der Waals surface area contributed by atoms with Gasteiger partial charge in [0.05, 0.1) is 16.7 Å². The van der Waals surface area contributed by atoms with Gasteiger partial charge in [0, 0.05) is 42.2 Å². The van der Waals surface area contributed by atoms with E-state index in [1.807, 2.05) is 18.7 Å². The molecule has 2 aliphatic rings. The standard InChI is InChI=1S/C13H22N4O2S/c1-13(2)9(6-14)5-10(20(13)19)8-17-4-3-16-7-11(17)12(15)18/h9-11,16H,3-5,7-8H2,1-2H3,(H2,15,18). The van der Waals surface area contributed by atoms with Crippen molar-refractivity contribution in [3.05, 3.63) is 0 Å². The van der Waals surface area contributed by atoms with Gasteiger partial charge in [-0.2, -0.15) is 5.26 Å². The van der Waals surface area contributed by atoms with Crippen LogP contribution in [0.2, 0.25) is 0 Å². The number of nitriles is 1. The lowest BCUT2D eigenvalue weighted by molar-refractivity contribution is -0.123. The summed E-state index contributed by atoms with van der Waals surface area (Å²) in [6.45, 7) is 6.41. The first-order valence-electron chi connectivity index (χ1n) is 6.92. The third kappa shape index (κ3) is 2.73. The normalized spacial score (nSPS) is 37.5. The molecular formula is C13H22N4O2S. The Morgan fingerprint density at radius 3 is 2.85 bits per heavy atom. The van der Waals surface area contributed by atoms with Crippen LogP contribution in [0.3, 0.4) is 0 Å². The van der Waals surface area contributed by atoms with Gasteiger partial charge in [-0.1, -0.05) is 0 Å². The quantitative estimate of drug-likeness (QED) is 0.709. The molecule has 1 amide bonds. The number of carbonyl (C=O) groups is 1. The van der Waals surface area contributed by atoms with Gasteiger partial charge in [0.1, 0.15) is 6.04 Å². The fraction of sp³-hybridized carbons (Fsp3) is 0.846. The van der Waals surface area contributed by atoms with E-state index in [2.05, 4.69) is 11.4 Å². The SMILES string of the molecule is CC1(C)C(C#N)CC(CN2CCNCC2C(N)=O)S1=O. The zero-order valence-electron chi connectivity index (χ0n) is 12.0. The molecule has 2 rings (SSSR count). The summed E-state index contributed by atoms with van der Waals surface area (Å²) in [5, 5.41) is 12.3. The number of nitrogens with one attached hydrogen (secondary N) is 1. The fourth-order valence-corrected chi connectivity index (χ4v) is 5.04. The summed E-state index contributed by atoms with van der Waals surface area (Å²) in [5.74, 6) is -0.541. The molecule has 2 aliphatic heterocycles. The number of rotatable bonds is 3. The van der Waals surface area contributed by atoms with Crippen LogP contribution in [0.15, 0.2) is 0 Å². The number of piperazine rings is 1. The minimum absolute atomic E-state index is 0.0606. The second kappa shape index (κ2) is 5.80. The first-order valence-corrected chi connectivity index (χ1v) is 8.13. The monoisotopic (exact) mass is 298 g/mol. The Bertz CT molecular complexity index is 460. The summed E-state index contributed by atoms with van der Waals surface area (Å²) >= 11 is 0. The number of hydrogen-bond donors (Lipinski definition) is 2. The van der Waals surface area contributed by atoms with Crippen LogP contribution < -0.4 is 11.1 Å². The molecule has 6 nitrogen and oxygen atoms in total.